The smallest absolute Gasteiger partial charge is 0.190 e. The number of hydrogen-bond acceptors (Lipinski definition) is 6. The highest BCUT2D eigenvalue weighted by Gasteiger charge is 2.58. The lowest BCUT2D eigenvalue weighted by molar-refractivity contribution is -0.313. The molecule has 3 fully saturated rings. The van der Waals surface area contributed by atoms with Crippen molar-refractivity contribution in [3.8, 4) is 0 Å². The molecule has 0 bridgehead atoms. The van der Waals surface area contributed by atoms with Crippen LogP contribution in [0.1, 0.15) is 13.8 Å². The maximum Gasteiger partial charge on any atom is 0.190 e. The molecule has 5 atom stereocenters. The summed E-state index contributed by atoms with van der Waals surface area (Å²) in [5.41, 5.74) is 0. The fourth-order valence-corrected chi connectivity index (χ4v) is 2.21. The Hall–Kier alpha value is -0.240. The van der Waals surface area contributed by atoms with Gasteiger partial charge in [0.25, 0.3) is 0 Å². The lowest BCUT2D eigenvalue weighted by Crippen LogP contribution is -2.48. The highest BCUT2D eigenvalue weighted by Crippen LogP contribution is 2.40. The van der Waals surface area contributed by atoms with Gasteiger partial charge < -0.3 is 28.8 Å². The predicted molar refractivity (Wildman–Crippen MR) is 45.5 cm³/mol. The van der Waals surface area contributed by atoms with E-state index in [2.05, 4.69) is 0 Å². The van der Waals surface area contributed by atoms with Crippen molar-refractivity contribution >= 4 is 0 Å². The third kappa shape index (κ3) is 1.49. The first kappa shape index (κ1) is 9.95. The highest BCUT2D eigenvalue weighted by molar-refractivity contribution is 4.95. The van der Waals surface area contributed by atoms with Crippen molar-refractivity contribution in [3.05, 3.63) is 0 Å². The van der Waals surface area contributed by atoms with E-state index in [1.54, 1.807) is 0 Å². The fraction of sp³-hybridized carbons (Fsp3) is 1.00. The number of fused-ring (bicyclic) bond motifs is 3. The molecule has 15 heavy (non-hydrogen) atoms. The minimum absolute atomic E-state index is 0.0543. The molecular formula is C9H14O6. The van der Waals surface area contributed by atoms with E-state index in [0.717, 1.165) is 0 Å². The summed E-state index contributed by atoms with van der Waals surface area (Å²) in [7, 11) is 0. The largest absolute Gasteiger partial charge is 0.366 e. The van der Waals surface area contributed by atoms with Crippen LogP contribution in [-0.2, 0) is 23.7 Å². The molecule has 0 aliphatic carbocycles. The summed E-state index contributed by atoms with van der Waals surface area (Å²) < 4.78 is 26.9. The molecule has 0 amide bonds. The van der Waals surface area contributed by atoms with Crippen molar-refractivity contribution in [1.29, 1.82) is 0 Å². The van der Waals surface area contributed by atoms with Crippen LogP contribution in [0.2, 0.25) is 0 Å². The maximum absolute atomic E-state index is 9.53. The van der Waals surface area contributed by atoms with Crippen LogP contribution in [-0.4, -0.2) is 48.6 Å². The normalized spacial score (nSPS) is 52.6. The third-order valence-electron chi connectivity index (χ3n) is 2.81. The molecule has 0 aromatic rings. The van der Waals surface area contributed by atoms with Gasteiger partial charge in [0.05, 0.1) is 0 Å². The van der Waals surface area contributed by atoms with Crippen molar-refractivity contribution in [2.45, 2.75) is 50.5 Å². The Morgan fingerprint density at radius 3 is 2.67 bits per heavy atom. The van der Waals surface area contributed by atoms with Crippen molar-refractivity contribution < 1.29 is 28.8 Å². The summed E-state index contributed by atoms with van der Waals surface area (Å²) in [6, 6.07) is 0. The van der Waals surface area contributed by atoms with Gasteiger partial charge in [-0.25, -0.2) is 0 Å². The van der Waals surface area contributed by atoms with Gasteiger partial charge in [0, 0.05) is 0 Å². The summed E-state index contributed by atoms with van der Waals surface area (Å²) in [6.45, 7) is 3.69. The molecule has 0 aromatic carbocycles. The predicted octanol–water partition coefficient (Wildman–Crippen LogP) is -0.446. The Balaban J connectivity index is 1.79. The Labute approximate surface area is 87.0 Å². The molecule has 0 saturated carbocycles. The van der Waals surface area contributed by atoms with E-state index in [-0.39, 0.29) is 19.0 Å². The van der Waals surface area contributed by atoms with E-state index >= 15 is 0 Å². The van der Waals surface area contributed by atoms with Crippen LogP contribution in [0.15, 0.2) is 0 Å². The van der Waals surface area contributed by atoms with Crippen LogP contribution in [0.4, 0.5) is 0 Å². The second-order valence-corrected chi connectivity index (χ2v) is 4.38. The lowest BCUT2D eigenvalue weighted by Gasteiger charge is -2.32. The van der Waals surface area contributed by atoms with E-state index in [9.17, 15) is 5.11 Å². The monoisotopic (exact) mass is 218 g/mol. The Bertz CT molecular complexity index is 267. The summed E-state index contributed by atoms with van der Waals surface area (Å²) in [5, 5.41) is 9.53. The van der Waals surface area contributed by atoms with E-state index < -0.39 is 24.5 Å². The zero-order chi connectivity index (χ0) is 10.6. The van der Waals surface area contributed by atoms with Crippen molar-refractivity contribution in [2.24, 2.45) is 0 Å². The highest BCUT2D eigenvalue weighted by atomic mass is 16.9. The molecule has 3 aliphatic heterocycles. The topological polar surface area (TPSA) is 66.4 Å². The second-order valence-electron chi connectivity index (χ2n) is 4.38. The molecular weight excluding hydrogens is 204 g/mol. The van der Waals surface area contributed by atoms with Gasteiger partial charge in [-0.1, -0.05) is 0 Å². The number of ether oxygens (including phenoxy) is 5. The third-order valence-corrected chi connectivity index (χ3v) is 2.81. The molecule has 1 N–H and O–H groups in total. The van der Waals surface area contributed by atoms with Crippen LogP contribution < -0.4 is 0 Å². The lowest BCUT2D eigenvalue weighted by atomic mass is 10.1. The van der Waals surface area contributed by atoms with Gasteiger partial charge in [0.1, 0.15) is 18.3 Å². The van der Waals surface area contributed by atoms with E-state index in [4.69, 9.17) is 23.7 Å². The van der Waals surface area contributed by atoms with Crippen molar-refractivity contribution in [2.75, 3.05) is 6.79 Å². The van der Waals surface area contributed by atoms with Crippen molar-refractivity contribution in [1.82, 2.24) is 0 Å². The average Bonchev–Trinajstić information content (AvgIpc) is 2.59. The average molecular weight is 218 g/mol. The number of aliphatic hydroxyl groups excluding tert-OH is 1. The maximum atomic E-state index is 9.53. The molecule has 3 heterocycles. The molecule has 0 aromatic heterocycles. The number of hydrogen-bond donors (Lipinski definition) is 1. The summed E-state index contributed by atoms with van der Waals surface area (Å²) in [4.78, 5) is 0. The molecule has 6 nitrogen and oxygen atoms in total. The Kier molecular flexibility index (Phi) is 2.08. The molecule has 3 saturated heterocycles. The molecule has 86 valence electrons. The zero-order valence-corrected chi connectivity index (χ0v) is 8.58. The minimum atomic E-state index is -0.968. The van der Waals surface area contributed by atoms with Crippen LogP contribution in [0.5, 0.6) is 0 Å². The Morgan fingerprint density at radius 1 is 1.07 bits per heavy atom. The van der Waals surface area contributed by atoms with Gasteiger partial charge in [0.2, 0.25) is 0 Å². The van der Waals surface area contributed by atoms with E-state index in [0.29, 0.717) is 0 Å². The van der Waals surface area contributed by atoms with Crippen molar-refractivity contribution in [3.63, 3.8) is 0 Å². The van der Waals surface area contributed by atoms with Gasteiger partial charge in [-0.15, -0.1) is 0 Å². The second kappa shape index (κ2) is 3.13. The molecule has 1 unspecified atom stereocenters. The molecule has 0 radical (unpaired) electrons. The first-order valence-corrected chi connectivity index (χ1v) is 4.99. The Morgan fingerprint density at radius 2 is 1.87 bits per heavy atom. The molecule has 0 spiro atoms. The molecule has 3 rings (SSSR count). The zero-order valence-electron chi connectivity index (χ0n) is 8.58. The summed E-state index contributed by atoms with van der Waals surface area (Å²) in [5.74, 6) is -0.660. The summed E-state index contributed by atoms with van der Waals surface area (Å²) >= 11 is 0. The SMILES string of the molecule is CC1(C)O[C@H]2O[C@@H]3C(O)OCO[C@@H]3[C@H]2O1. The van der Waals surface area contributed by atoms with E-state index in [1.807, 2.05) is 13.8 Å². The van der Waals surface area contributed by atoms with Gasteiger partial charge in [-0.05, 0) is 13.8 Å². The summed E-state index contributed by atoms with van der Waals surface area (Å²) in [6.07, 6.45) is -2.58. The molecule has 6 heteroatoms. The van der Waals surface area contributed by atoms with E-state index in [1.165, 1.54) is 0 Å². The van der Waals surface area contributed by atoms with Crippen LogP contribution in [0.25, 0.3) is 0 Å². The first-order valence-electron chi connectivity index (χ1n) is 4.99. The van der Waals surface area contributed by atoms with Gasteiger partial charge in [-0.2, -0.15) is 0 Å². The molecule has 3 aliphatic rings. The standard InChI is InChI=1S/C9H14O6/c1-9(2)14-6-4-5(13-8(6)15-9)7(10)12-3-11-4/h4-8,10H,3H2,1-2H3/t4-,5-,6+,7?,8+/m0/s1. The van der Waals surface area contributed by atoms with Crippen LogP contribution in [0.3, 0.4) is 0 Å². The number of rotatable bonds is 0. The van der Waals surface area contributed by atoms with Crippen LogP contribution in [0, 0.1) is 0 Å². The quantitative estimate of drug-likeness (QED) is 0.594. The van der Waals surface area contributed by atoms with Gasteiger partial charge in [-0.3, -0.25) is 0 Å². The first-order chi connectivity index (χ1) is 7.07. The van der Waals surface area contributed by atoms with Crippen LogP contribution >= 0.6 is 0 Å². The number of aliphatic hydroxyl groups is 1. The van der Waals surface area contributed by atoms with Gasteiger partial charge in [0.15, 0.2) is 25.2 Å². The fourth-order valence-electron chi connectivity index (χ4n) is 2.21. The minimum Gasteiger partial charge on any atom is -0.366 e. The van der Waals surface area contributed by atoms with Gasteiger partial charge >= 0.3 is 0 Å².